The fraction of sp³-hybridized carbons (Fsp3) is 0.583. The Hall–Kier alpha value is -1.000. The lowest BCUT2D eigenvalue weighted by Gasteiger charge is -2.31. The van der Waals surface area contributed by atoms with Crippen LogP contribution in [0.15, 0.2) is 10.5 Å². The van der Waals surface area contributed by atoms with Gasteiger partial charge in [0.2, 0.25) is 0 Å². The lowest BCUT2D eigenvalue weighted by molar-refractivity contribution is 0.0707. The molecule has 17 heavy (non-hydrogen) atoms. The van der Waals surface area contributed by atoms with Crippen molar-refractivity contribution < 1.29 is 9.21 Å². The molecule has 0 aromatic carbocycles. The van der Waals surface area contributed by atoms with Crippen LogP contribution in [0.3, 0.4) is 0 Å². The third-order valence-corrected chi connectivity index (χ3v) is 2.93. The van der Waals surface area contributed by atoms with Gasteiger partial charge in [-0.1, -0.05) is 0 Å². The van der Waals surface area contributed by atoms with E-state index >= 15 is 0 Å². The van der Waals surface area contributed by atoms with Crippen molar-refractivity contribution in [2.45, 2.75) is 26.8 Å². The minimum atomic E-state index is 0. The number of aryl methyl sites for hydroxylation is 2. The third-order valence-electron chi connectivity index (χ3n) is 2.93. The second kappa shape index (κ2) is 5.56. The standard InChI is InChI=1S/C12H18N2O2.ClH/c1-8-7-14(5-4-13-8)12(15)11-6-9(2)16-10(11)3;/h6,8,13H,4-5,7H2,1-3H3;1H. The van der Waals surface area contributed by atoms with Gasteiger partial charge in [0, 0.05) is 25.7 Å². The summed E-state index contributed by atoms with van der Waals surface area (Å²) in [6.07, 6.45) is 0. The summed E-state index contributed by atoms with van der Waals surface area (Å²) in [6, 6.07) is 2.19. The fourth-order valence-electron chi connectivity index (χ4n) is 2.13. The maximum absolute atomic E-state index is 12.2. The predicted octanol–water partition coefficient (Wildman–Crippen LogP) is 1.75. The highest BCUT2D eigenvalue weighted by atomic mass is 35.5. The number of halogens is 1. The molecule has 2 heterocycles. The van der Waals surface area contributed by atoms with Gasteiger partial charge in [0.25, 0.3) is 5.91 Å². The number of carbonyl (C=O) groups is 1. The number of nitrogens with zero attached hydrogens (tertiary/aromatic N) is 1. The molecule has 0 radical (unpaired) electrons. The van der Waals surface area contributed by atoms with Gasteiger partial charge in [0.1, 0.15) is 11.5 Å². The maximum Gasteiger partial charge on any atom is 0.257 e. The van der Waals surface area contributed by atoms with E-state index in [1.54, 1.807) is 0 Å². The normalized spacial score (nSPS) is 19.9. The zero-order chi connectivity index (χ0) is 11.7. The summed E-state index contributed by atoms with van der Waals surface area (Å²) in [5.41, 5.74) is 0.701. The van der Waals surface area contributed by atoms with Gasteiger partial charge in [0.15, 0.2) is 0 Å². The van der Waals surface area contributed by atoms with Crippen molar-refractivity contribution in [1.29, 1.82) is 0 Å². The van der Waals surface area contributed by atoms with Crippen molar-refractivity contribution in [2.75, 3.05) is 19.6 Å². The molecule has 1 unspecified atom stereocenters. The van der Waals surface area contributed by atoms with E-state index in [1.807, 2.05) is 24.8 Å². The summed E-state index contributed by atoms with van der Waals surface area (Å²) >= 11 is 0. The van der Waals surface area contributed by atoms with Crippen LogP contribution < -0.4 is 5.32 Å². The summed E-state index contributed by atoms with van der Waals surface area (Å²) in [7, 11) is 0. The molecule has 4 nitrogen and oxygen atoms in total. The lowest BCUT2D eigenvalue weighted by atomic mass is 10.1. The first-order valence-corrected chi connectivity index (χ1v) is 5.67. The van der Waals surface area contributed by atoms with E-state index in [1.165, 1.54) is 0 Å². The van der Waals surface area contributed by atoms with Gasteiger partial charge < -0.3 is 14.6 Å². The SMILES string of the molecule is Cc1cc(C(=O)N2CCNC(C)C2)c(C)o1.Cl. The van der Waals surface area contributed by atoms with E-state index in [0.29, 0.717) is 17.4 Å². The topological polar surface area (TPSA) is 45.5 Å². The molecule has 96 valence electrons. The largest absolute Gasteiger partial charge is 0.466 e. The maximum atomic E-state index is 12.2. The van der Waals surface area contributed by atoms with Crippen LogP contribution in [0.4, 0.5) is 0 Å². The summed E-state index contributed by atoms with van der Waals surface area (Å²) in [5.74, 6) is 1.60. The zero-order valence-electron chi connectivity index (χ0n) is 10.4. The Balaban J connectivity index is 0.00000144. The third kappa shape index (κ3) is 3.01. The van der Waals surface area contributed by atoms with Crippen LogP contribution in [-0.4, -0.2) is 36.5 Å². The fourth-order valence-corrected chi connectivity index (χ4v) is 2.13. The van der Waals surface area contributed by atoms with Crippen LogP contribution >= 0.6 is 12.4 Å². The molecule has 1 aromatic heterocycles. The van der Waals surface area contributed by atoms with E-state index in [-0.39, 0.29) is 18.3 Å². The summed E-state index contributed by atoms with van der Waals surface area (Å²) < 4.78 is 5.39. The van der Waals surface area contributed by atoms with Crippen LogP contribution in [-0.2, 0) is 0 Å². The van der Waals surface area contributed by atoms with E-state index < -0.39 is 0 Å². The molecule has 1 aliphatic heterocycles. The summed E-state index contributed by atoms with van der Waals surface area (Å²) in [6.45, 7) is 8.20. The predicted molar refractivity (Wildman–Crippen MR) is 68.8 cm³/mol. The van der Waals surface area contributed by atoms with Crippen molar-refractivity contribution in [2.24, 2.45) is 0 Å². The van der Waals surface area contributed by atoms with E-state index in [2.05, 4.69) is 12.2 Å². The molecule has 0 saturated carbocycles. The monoisotopic (exact) mass is 258 g/mol. The molecular formula is C12H19ClN2O2. The number of furan rings is 1. The molecule has 1 aliphatic rings. The Morgan fingerprint density at radius 1 is 1.53 bits per heavy atom. The minimum absolute atomic E-state index is 0. The Bertz CT molecular complexity index is 403. The lowest BCUT2D eigenvalue weighted by Crippen LogP contribution is -2.51. The van der Waals surface area contributed by atoms with Crippen LogP contribution in [0.5, 0.6) is 0 Å². The molecule has 1 aromatic rings. The number of rotatable bonds is 1. The van der Waals surface area contributed by atoms with Crippen molar-refractivity contribution >= 4 is 18.3 Å². The van der Waals surface area contributed by atoms with Crippen LogP contribution in [0.1, 0.15) is 28.8 Å². The van der Waals surface area contributed by atoms with E-state index in [4.69, 9.17) is 4.42 Å². The van der Waals surface area contributed by atoms with Gasteiger partial charge in [-0.2, -0.15) is 0 Å². The van der Waals surface area contributed by atoms with Crippen molar-refractivity contribution in [1.82, 2.24) is 10.2 Å². The zero-order valence-corrected chi connectivity index (χ0v) is 11.3. The first-order chi connectivity index (χ1) is 7.58. The first kappa shape index (κ1) is 14.1. The number of nitrogens with one attached hydrogen (secondary N) is 1. The average molecular weight is 259 g/mol. The average Bonchev–Trinajstić information content (AvgIpc) is 2.57. The Morgan fingerprint density at radius 2 is 2.24 bits per heavy atom. The van der Waals surface area contributed by atoms with Crippen LogP contribution in [0.2, 0.25) is 0 Å². The smallest absolute Gasteiger partial charge is 0.257 e. The minimum Gasteiger partial charge on any atom is -0.466 e. The molecule has 1 atom stereocenters. The van der Waals surface area contributed by atoms with Gasteiger partial charge >= 0.3 is 0 Å². The molecular weight excluding hydrogens is 240 g/mol. The summed E-state index contributed by atoms with van der Waals surface area (Å²) in [4.78, 5) is 14.1. The van der Waals surface area contributed by atoms with Crippen molar-refractivity contribution in [3.05, 3.63) is 23.2 Å². The van der Waals surface area contributed by atoms with Crippen molar-refractivity contribution in [3.8, 4) is 0 Å². The number of hydrogen-bond acceptors (Lipinski definition) is 3. The van der Waals surface area contributed by atoms with Gasteiger partial charge in [-0.05, 0) is 26.8 Å². The highest BCUT2D eigenvalue weighted by Crippen LogP contribution is 2.16. The number of amides is 1. The first-order valence-electron chi connectivity index (χ1n) is 5.67. The Morgan fingerprint density at radius 3 is 2.76 bits per heavy atom. The van der Waals surface area contributed by atoms with Gasteiger partial charge in [-0.3, -0.25) is 4.79 Å². The highest BCUT2D eigenvalue weighted by molar-refractivity contribution is 5.95. The summed E-state index contributed by atoms with van der Waals surface area (Å²) in [5, 5.41) is 3.32. The molecule has 1 amide bonds. The second-order valence-corrected chi connectivity index (χ2v) is 4.43. The second-order valence-electron chi connectivity index (χ2n) is 4.43. The highest BCUT2D eigenvalue weighted by Gasteiger charge is 2.24. The van der Waals surface area contributed by atoms with Gasteiger partial charge in [-0.15, -0.1) is 12.4 Å². The van der Waals surface area contributed by atoms with Crippen LogP contribution in [0, 0.1) is 13.8 Å². The number of hydrogen-bond donors (Lipinski definition) is 1. The molecule has 2 rings (SSSR count). The molecule has 0 aliphatic carbocycles. The van der Waals surface area contributed by atoms with Gasteiger partial charge in [0.05, 0.1) is 5.56 Å². The molecule has 1 N–H and O–H groups in total. The van der Waals surface area contributed by atoms with E-state index in [0.717, 1.165) is 25.4 Å². The number of carbonyl (C=O) groups excluding carboxylic acids is 1. The molecule has 5 heteroatoms. The quantitative estimate of drug-likeness (QED) is 0.835. The molecule has 1 fully saturated rings. The van der Waals surface area contributed by atoms with Crippen molar-refractivity contribution in [3.63, 3.8) is 0 Å². The van der Waals surface area contributed by atoms with Crippen LogP contribution in [0.25, 0.3) is 0 Å². The molecule has 0 bridgehead atoms. The molecule has 1 saturated heterocycles. The van der Waals surface area contributed by atoms with E-state index in [9.17, 15) is 4.79 Å². The number of piperazine rings is 1. The molecule has 0 spiro atoms. The van der Waals surface area contributed by atoms with Gasteiger partial charge in [-0.25, -0.2) is 0 Å². The Kier molecular flexibility index (Phi) is 4.60. The Labute approximate surface area is 108 Å².